The smallest absolute Gasteiger partial charge is 0.339 e. The molecule has 156 valence electrons. The number of rotatable bonds is 5. The average molecular weight is 419 g/mol. The van der Waals surface area contributed by atoms with Gasteiger partial charge in [-0.25, -0.2) is 18.0 Å². The van der Waals surface area contributed by atoms with E-state index >= 15 is 0 Å². The van der Waals surface area contributed by atoms with Gasteiger partial charge in [0.25, 0.3) is 10.0 Å². The van der Waals surface area contributed by atoms with Crippen molar-refractivity contribution in [3.63, 3.8) is 0 Å². The lowest BCUT2D eigenvalue weighted by Crippen LogP contribution is -2.20. The van der Waals surface area contributed by atoms with E-state index in [4.69, 9.17) is 4.74 Å². The van der Waals surface area contributed by atoms with Crippen LogP contribution in [0, 0.1) is 34.6 Å². The molecule has 2 aromatic rings. The Morgan fingerprint density at radius 3 is 1.76 bits per heavy atom. The molecule has 0 radical (unpaired) electrons. The Morgan fingerprint density at radius 1 is 0.793 bits per heavy atom. The minimum Gasteiger partial charge on any atom is -0.465 e. The van der Waals surface area contributed by atoms with Crippen molar-refractivity contribution in [2.75, 3.05) is 18.9 Å². The van der Waals surface area contributed by atoms with E-state index in [0.717, 1.165) is 16.7 Å². The maximum Gasteiger partial charge on any atom is 0.339 e. The van der Waals surface area contributed by atoms with E-state index in [9.17, 15) is 18.0 Å². The highest BCUT2D eigenvalue weighted by molar-refractivity contribution is 7.92. The predicted octanol–water partition coefficient (Wildman–Crippen LogP) is 3.60. The summed E-state index contributed by atoms with van der Waals surface area (Å²) in [5.41, 5.74) is 4.07. The Kier molecular flexibility index (Phi) is 6.37. The molecular formula is C21H25NO6S. The fourth-order valence-corrected chi connectivity index (χ4v) is 4.90. The molecule has 0 aliphatic heterocycles. The van der Waals surface area contributed by atoms with Crippen LogP contribution >= 0.6 is 0 Å². The number of ether oxygens (including phenoxy) is 2. The topological polar surface area (TPSA) is 98.8 Å². The van der Waals surface area contributed by atoms with Gasteiger partial charge in [0.2, 0.25) is 0 Å². The fraction of sp³-hybridized carbons (Fsp3) is 0.333. The molecule has 7 nitrogen and oxygen atoms in total. The minimum atomic E-state index is -4.06. The maximum absolute atomic E-state index is 13.3. The van der Waals surface area contributed by atoms with Gasteiger partial charge in [0.05, 0.1) is 35.9 Å². The van der Waals surface area contributed by atoms with E-state index < -0.39 is 22.0 Å². The van der Waals surface area contributed by atoms with Crippen molar-refractivity contribution in [2.24, 2.45) is 0 Å². The van der Waals surface area contributed by atoms with Gasteiger partial charge in [-0.05, 0) is 80.6 Å². The molecule has 0 saturated carbocycles. The largest absolute Gasteiger partial charge is 0.465 e. The second kappa shape index (κ2) is 8.24. The molecule has 0 spiro atoms. The summed E-state index contributed by atoms with van der Waals surface area (Å²) in [6.45, 7) is 9.18. The summed E-state index contributed by atoms with van der Waals surface area (Å²) in [6.07, 6.45) is 0. The second-order valence-corrected chi connectivity index (χ2v) is 8.42. The van der Waals surface area contributed by atoms with Gasteiger partial charge >= 0.3 is 11.9 Å². The van der Waals surface area contributed by atoms with Crippen molar-refractivity contribution in [3.05, 3.63) is 57.1 Å². The molecule has 2 aromatic carbocycles. The summed E-state index contributed by atoms with van der Waals surface area (Å²) in [6, 6.07) is 3.95. The van der Waals surface area contributed by atoms with Crippen LogP contribution < -0.4 is 4.72 Å². The first-order valence-corrected chi connectivity index (χ1v) is 10.3. The molecule has 0 aromatic heterocycles. The monoisotopic (exact) mass is 419 g/mol. The highest BCUT2D eigenvalue weighted by atomic mass is 32.2. The van der Waals surface area contributed by atoms with Crippen LogP contribution in [0.25, 0.3) is 0 Å². The van der Waals surface area contributed by atoms with Crippen LogP contribution in [0.4, 0.5) is 5.69 Å². The lowest BCUT2D eigenvalue weighted by Gasteiger charge is -2.20. The number of carbonyl (C=O) groups is 2. The number of carbonyl (C=O) groups excluding carboxylic acids is 2. The van der Waals surface area contributed by atoms with Crippen molar-refractivity contribution < 1.29 is 27.5 Å². The van der Waals surface area contributed by atoms with E-state index in [1.165, 1.54) is 32.4 Å². The number of benzene rings is 2. The molecule has 0 saturated heterocycles. The molecule has 8 heteroatoms. The number of nitrogens with one attached hydrogen (secondary N) is 1. The molecule has 29 heavy (non-hydrogen) atoms. The quantitative estimate of drug-likeness (QED) is 0.744. The Morgan fingerprint density at radius 2 is 1.28 bits per heavy atom. The van der Waals surface area contributed by atoms with Crippen LogP contribution in [0.3, 0.4) is 0 Å². The SMILES string of the molecule is COC(=O)c1ccc(C(=O)OC)c(NS(=O)(=O)c2c(C)c(C)c(C)c(C)c2C)c1. The van der Waals surface area contributed by atoms with Gasteiger partial charge in [0.1, 0.15) is 0 Å². The molecule has 0 heterocycles. The standard InChI is InChI=1S/C21H25NO6S/c1-11-12(2)14(4)19(15(5)13(11)3)29(25,26)22-18-10-16(20(23)27-6)8-9-17(18)21(24)28-7/h8-10,22H,1-7H3. The van der Waals surface area contributed by atoms with Crippen molar-refractivity contribution in [1.82, 2.24) is 0 Å². The van der Waals surface area contributed by atoms with Crippen molar-refractivity contribution in [3.8, 4) is 0 Å². The lowest BCUT2D eigenvalue weighted by molar-refractivity contribution is 0.0587. The van der Waals surface area contributed by atoms with E-state index in [1.807, 2.05) is 20.8 Å². The zero-order valence-electron chi connectivity index (χ0n) is 17.6. The molecular weight excluding hydrogens is 394 g/mol. The van der Waals surface area contributed by atoms with E-state index in [2.05, 4.69) is 9.46 Å². The molecule has 2 rings (SSSR count). The zero-order chi connectivity index (χ0) is 22.1. The molecule has 0 atom stereocenters. The number of esters is 2. The molecule has 0 aliphatic carbocycles. The third kappa shape index (κ3) is 4.12. The summed E-state index contributed by atoms with van der Waals surface area (Å²) in [4.78, 5) is 24.1. The number of hydrogen-bond acceptors (Lipinski definition) is 6. The van der Waals surface area contributed by atoms with Crippen LogP contribution in [0.2, 0.25) is 0 Å². The van der Waals surface area contributed by atoms with Crippen LogP contribution in [0.15, 0.2) is 23.1 Å². The summed E-state index contributed by atoms with van der Waals surface area (Å²) in [7, 11) is -1.66. The molecule has 0 amide bonds. The Balaban J connectivity index is 2.69. The summed E-state index contributed by atoms with van der Waals surface area (Å²) < 4.78 is 38.5. The molecule has 0 bridgehead atoms. The normalized spacial score (nSPS) is 11.1. The van der Waals surface area contributed by atoms with Crippen molar-refractivity contribution in [1.29, 1.82) is 0 Å². The number of sulfonamides is 1. The third-order valence-corrected chi connectivity index (χ3v) is 6.93. The highest BCUT2D eigenvalue weighted by Crippen LogP contribution is 2.31. The lowest BCUT2D eigenvalue weighted by atomic mass is 9.95. The van der Waals surface area contributed by atoms with Gasteiger partial charge in [-0.15, -0.1) is 0 Å². The van der Waals surface area contributed by atoms with Gasteiger partial charge in [0.15, 0.2) is 0 Å². The van der Waals surface area contributed by atoms with E-state index in [-0.39, 0.29) is 21.7 Å². The Labute approximate surface area is 171 Å². The van der Waals surface area contributed by atoms with Crippen molar-refractivity contribution in [2.45, 2.75) is 39.5 Å². The van der Waals surface area contributed by atoms with Crippen LogP contribution in [-0.2, 0) is 19.5 Å². The Bertz CT molecular complexity index is 1070. The summed E-state index contributed by atoms with van der Waals surface area (Å²) >= 11 is 0. The second-order valence-electron chi connectivity index (χ2n) is 6.80. The minimum absolute atomic E-state index is 0.0143. The van der Waals surface area contributed by atoms with Gasteiger partial charge in [-0.2, -0.15) is 0 Å². The van der Waals surface area contributed by atoms with Crippen LogP contribution in [0.5, 0.6) is 0 Å². The summed E-state index contributed by atoms with van der Waals surface area (Å²) in [5, 5.41) is 0. The highest BCUT2D eigenvalue weighted by Gasteiger charge is 2.26. The third-order valence-electron chi connectivity index (χ3n) is 5.29. The van der Waals surface area contributed by atoms with Crippen molar-refractivity contribution >= 4 is 27.6 Å². The van der Waals surface area contributed by atoms with Crippen LogP contribution in [0.1, 0.15) is 48.5 Å². The molecule has 0 unspecified atom stereocenters. The van der Waals surface area contributed by atoms with Crippen LogP contribution in [-0.4, -0.2) is 34.6 Å². The summed E-state index contributed by atoms with van der Waals surface area (Å²) in [5.74, 6) is -1.39. The molecule has 0 aliphatic rings. The number of anilines is 1. The molecule has 1 N–H and O–H groups in total. The van der Waals surface area contributed by atoms with Gasteiger partial charge < -0.3 is 9.47 Å². The maximum atomic E-state index is 13.3. The first kappa shape index (κ1) is 22.4. The number of hydrogen-bond donors (Lipinski definition) is 1. The predicted molar refractivity (Wildman–Crippen MR) is 110 cm³/mol. The Hall–Kier alpha value is -2.87. The first-order valence-electron chi connectivity index (χ1n) is 8.86. The van der Waals surface area contributed by atoms with Gasteiger partial charge in [-0.3, -0.25) is 4.72 Å². The van der Waals surface area contributed by atoms with E-state index in [0.29, 0.717) is 11.1 Å². The first-order chi connectivity index (χ1) is 13.5. The van der Waals surface area contributed by atoms with Gasteiger partial charge in [-0.1, -0.05) is 0 Å². The van der Waals surface area contributed by atoms with Gasteiger partial charge in [0, 0.05) is 0 Å². The average Bonchev–Trinajstić information content (AvgIpc) is 2.69. The fourth-order valence-electron chi connectivity index (χ4n) is 3.23. The number of methoxy groups -OCH3 is 2. The zero-order valence-corrected chi connectivity index (χ0v) is 18.4. The molecule has 0 fully saturated rings. The van der Waals surface area contributed by atoms with E-state index in [1.54, 1.807) is 13.8 Å².